The van der Waals surface area contributed by atoms with Gasteiger partial charge in [0, 0.05) is 36.1 Å². The molecule has 0 saturated heterocycles. The molecule has 0 spiro atoms. The molecule has 2 aromatic heterocycles. The summed E-state index contributed by atoms with van der Waals surface area (Å²) < 4.78 is 27.3. The summed E-state index contributed by atoms with van der Waals surface area (Å²) in [6, 6.07) is 1.76. The van der Waals surface area contributed by atoms with E-state index < -0.39 is 10.0 Å². The molecule has 2 saturated carbocycles. The van der Waals surface area contributed by atoms with E-state index in [2.05, 4.69) is 15.0 Å². The number of hydrogen-bond donors (Lipinski definition) is 3. The Kier molecular flexibility index (Phi) is 5.97. The van der Waals surface area contributed by atoms with E-state index >= 15 is 0 Å². The molecule has 9 nitrogen and oxygen atoms in total. The van der Waals surface area contributed by atoms with Gasteiger partial charge in [-0.05, 0) is 38.5 Å². The molecule has 30 heavy (non-hydrogen) atoms. The molecule has 2 aromatic rings. The number of fused-ring (bicyclic) bond motifs is 1. The minimum Gasteiger partial charge on any atom is -0.398 e. The van der Waals surface area contributed by atoms with Crippen LogP contribution in [0.2, 0.25) is 0 Å². The highest BCUT2D eigenvalue weighted by Gasteiger charge is 2.25. The second-order valence-electron chi connectivity index (χ2n) is 8.61. The zero-order valence-corrected chi connectivity index (χ0v) is 18.1. The molecular formula is C20H30N6O3S. The number of rotatable bonds is 5. The van der Waals surface area contributed by atoms with Crippen LogP contribution in [0.4, 0.5) is 11.6 Å². The quantitative estimate of drug-likeness (QED) is 0.657. The summed E-state index contributed by atoms with van der Waals surface area (Å²) in [6.07, 6.45) is 11.4. The Balaban J connectivity index is 1.55. The third-order valence-electron chi connectivity index (χ3n) is 6.21. The zero-order valence-electron chi connectivity index (χ0n) is 17.3. The number of pyridine rings is 1. The fourth-order valence-corrected chi connectivity index (χ4v) is 5.59. The molecular weight excluding hydrogens is 404 g/mol. The Morgan fingerprint density at radius 1 is 1.07 bits per heavy atom. The maximum Gasteiger partial charge on any atom is 0.254 e. The summed E-state index contributed by atoms with van der Waals surface area (Å²) >= 11 is 0. The maximum atomic E-state index is 12.8. The van der Waals surface area contributed by atoms with Gasteiger partial charge in [0.25, 0.3) is 5.56 Å². The Bertz CT molecular complexity index is 1070. The molecule has 0 aliphatic heterocycles. The summed E-state index contributed by atoms with van der Waals surface area (Å²) in [5, 5.41) is 4.07. The van der Waals surface area contributed by atoms with Crippen LogP contribution in [0, 0.1) is 0 Å². The number of hydrogen-bond acceptors (Lipinski definition) is 7. The minimum atomic E-state index is -3.19. The van der Waals surface area contributed by atoms with Crippen LogP contribution in [-0.2, 0) is 10.0 Å². The standard InChI is InChI=1S/C20H30N6O3S/c1-30(28,29)25-14-9-7-13(8-10-14)23-20-22-12-16-17(21)11-18(27)26(19(16)24-20)15-5-3-2-4-6-15/h11-15,25H,2-10,21H2,1H3,(H,22,23,24). The minimum absolute atomic E-state index is 0.0214. The first-order chi connectivity index (χ1) is 14.3. The second-order valence-corrected chi connectivity index (χ2v) is 10.4. The van der Waals surface area contributed by atoms with Crippen LogP contribution in [0.15, 0.2) is 17.1 Å². The fraction of sp³-hybridized carbons (Fsp3) is 0.650. The number of nitrogens with two attached hydrogens (primary N) is 1. The third-order valence-corrected chi connectivity index (χ3v) is 6.97. The first kappa shape index (κ1) is 21.0. The molecule has 0 unspecified atom stereocenters. The van der Waals surface area contributed by atoms with Gasteiger partial charge < -0.3 is 11.1 Å². The van der Waals surface area contributed by atoms with Gasteiger partial charge in [0.1, 0.15) is 0 Å². The zero-order chi connectivity index (χ0) is 21.3. The lowest BCUT2D eigenvalue weighted by Gasteiger charge is -2.29. The van der Waals surface area contributed by atoms with E-state index in [0.29, 0.717) is 22.7 Å². The molecule has 10 heteroatoms. The molecule has 0 amide bonds. The molecule has 2 fully saturated rings. The van der Waals surface area contributed by atoms with Gasteiger partial charge in [-0.15, -0.1) is 0 Å². The third kappa shape index (κ3) is 4.75. The predicted octanol–water partition coefficient (Wildman–Crippen LogP) is 2.15. The maximum absolute atomic E-state index is 12.8. The van der Waals surface area contributed by atoms with Gasteiger partial charge in [0.15, 0.2) is 5.65 Å². The van der Waals surface area contributed by atoms with Gasteiger partial charge in [-0.25, -0.2) is 18.1 Å². The highest BCUT2D eigenvalue weighted by Crippen LogP contribution is 2.30. The van der Waals surface area contributed by atoms with Crippen LogP contribution in [0.25, 0.3) is 11.0 Å². The molecule has 0 bridgehead atoms. The van der Waals surface area contributed by atoms with E-state index in [0.717, 1.165) is 51.4 Å². The number of nitrogens with zero attached hydrogens (tertiary/aromatic N) is 3. The molecule has 4 N–H and O–H groups in total. The van der Waals surface area contributed by atoms with Crippen molar-refractivity contribution in [2.24, 2.45) is 0 Å². The second kappa shape index (κ2) is 8.50. The van der Waals surface area contributed by atoms with Crippen molar-refractivity contribution < 1.29 is 8.42 Å². The summed E-state index contributed by atoms with van der Waals surface area (Å²) in [5.74, 6) is 0.483. The monoisotopic (exact) mass is 434 g/mol. The summed E-state index contributed by atoms with van der Waals surface area (Å²) in [7, 11) is -3.19. The number of nitrogens with one attached hydrogen (secondary N) is 2. The van der Waals surface area contributed by atoms with Crippen LogP contribution in [0.1, 0.15) is 63.8 Å². The van der Waals surface area contributed by atoms with Crippen molar-refractivity contribution >= 4 is 32.7 Å². The first-order valence-corrected chi connectivity index (χ1v) is 12.6. The lowest BCUT2D eigenvalue weighted by molar-refractivity contribution is 0.353. The van der Waals surface area contributed by atoms with Crippen molar-refractivity contribution in [3.05, 3.63) is 22.6 Å². The molecule has 2 heterocycles. The van der Waals surface area contributed by atoms with Crippen molar-refractivity contribution in [2.45, 2.75) is 75.9 Å². The largest absolute Gasteiger partial charge is 0.398 e. The number of sulfonamides is 1. The van der Waals surface area contributed by atoms with E-state index in [9.17, 15) is 13.2 Å². The van der Waals surface area contributed by atoms with Gasteiger partial charge >= 0.3 is 0 Å². The molecule has 2 aliphatic rings. The Hall–Kier alpha value is -2.20. The van der Waals surface area contributed by atoms with Gasteiger partial charge in [-0.3, -0.25) is 9.36 Å². The van der Waals surface area contributed by atoms with Gasteiger partial charge in [-0.1, -0.05) is 19.3 Å². The average Bonchev–Trinajstić information content (AvgIpc) is 2.69. The highest BCUT2D eigenvalue weighted by molar-refractivity contribution is 7.88. The Morgan fingerprint density at radius 3 is 2.40 bits per heavy atom. The van der Waals surface area contributed by atoms with Crippen molar-refractivity contribution in [2.75, 3.05) is 17.3 Å². The van der Waals surface area contributed by atoms with E-state index in [-0.39, 0.29) is 23.7 Å². The topological polar surface area (TPSA) is 132 Å². The normalized spacial score (nSPS) is 23.5. The van der Waals surface area contributed by atoms with Crippen LogP contribution >= 0.6 is 0 Å². The van der Waals surface area contributed by atoms with Crippen LogP contribution in [0.3, 0.4) is 0 Å². The molecule has 0 atom stereocenters. The average molecular weight is 435 g/mol. The van der Waals surface area contributed by atoms with E-state index in [1.807, 2.05) is 0 Å². The van der Waals surface area contributed by atoms with Crippen molar-refractivity contribution in [1.82, 2.24) is 19.3 Å². The molecule has 2 aliphatic carbocycles. The molecule has 0 radical (unpaired) electrons. The van der Waals surface area contributed by atoms with E-state index in [1.165, 1.54) is 18.7 Å². The number of aromatic nitrogens is 3. The Labute approximate surface area is 176 Å². The summed E-state index contributed by atoms with van der Waals surface area (Å²) in [5.41, 5.74) is 6.98. The molecule has 0 aromatic carbocycles. The van der Waals surface area contributed by atoms with Crippen LogP contribution in [-0.4, -0.2) is 41.3 Å². The van der Waals surface area contributed by atoms with E-state index in [4.69, 9.17) is 10.7 Å². The number of nitrogen functional groups attached to an aromatic ring is 1. The first-order valence-electron chi connectivity index (χ1n) is 10.7. The van der Waals surface area contributed by atoms with Gasteiger partial charge in [0.2, 0.25) is 16.0 Å². The lowest BCUT2D eigenvalue weighted by atomic mass is 9.92. The van der Waals surface area contributed by atoms with Crippen molar-refractivity contribution in [3.8, 4) is 0 Å². The molecule has 164 valence electrons. The fourth-order valence-electron chi connectivity index (χ4n) is 4.75. The Morgan fingerprint density at radius 2 is 1.73 bits per heavy atom. The molecule has 4 rings (SSSR count). The van der Waals surface area contributed by atoms with Crippen molar-refractivity contribution in [3.63, 3.8) is 0 Å². The van der Waals surface area contributed by atoms with Crippen molar-refractivity contribution in [1.29, 1.82) is 0 Å². The number of anilines is 2. The summed E-state index contributed by atoms with van der Waals surface area (Å²) in [4.78, 5) is 21.9. The van der Waals surface area contributed by atoms with Crippen LogP contribution < -0.4 is 21.3 Å². The SMILES string of the molecule is CS(=O)(=O)NC1CCC(Nc2ncc3c(N)cc(=O)n(C4CCCCC4)c3n2)CC1. The van der Waals surface area contributed by atoms with Crippen LogP contribution in [0.5, 0.6) is 0 Å². The summed E-state index contributed by atoms with van der Waals surface area (Å²) in [6.45, 7) is 0. The smallest absolute Gasteiger partial charge is 0.254 e. The predicted molar refractivity (Wildman–Crippen MR) is 118 cm³/mol. The van der Waals surface area contributed by atoms with E-state index in [1.54, 1.807) is 10.8 Å². The lowest BCUT2D eigenvalue weighted by Crippen LogP contribution is -2.39. The van der Waals surface area contributed by atoms with Gasteiger partial charge in [-0.2, -0.15) is 4.98 Å². The van der Waals surface area contributed by atoms with Gasteiger partial charge in [0.05, 0.1) is 11.6 Å². The highest BCUT2D eigenvalue weighted by atomic mass is 32.2.